The molecule has 0 unspecified atom stereocenters. The van der Waals surface area contributed by atoms with Gasteiger partial charge in [0.1, 0.15) is 5.94 Å². The molecule has 0 aromatic rings. The molecule has 0 saturated carbocycles. The molecule has 0 aliphatic carbocycles. The largest absolute Gasteiger partial charge is 0.308 e. The standard InChI is InChI=1S/C12H21NO/c1-2-3-4-5-6-7-8-9-12(10-13)11-14/h10,13H,2-9H2,1H3. The second kappa shape index (κ2) is 10.2. The average Bonchev–Trinajstić information content (AvgIpc) is 2.22. The zero-order chi connectivity index (χ0) is 10.6. The maximum absolute atomic E-state index is 10.2. The second-order valence-corrected chi connectivity index (χ2v) is 3.64. The fourth-order valence-corrected chi connectivity index (χ4v) is 1.43. The van der Waals surface area contributed by atoms with Crippen LogP contribution >= 0.6 is 0 Å². The van der Waals surface area contributed by atoms with Crippen molar-refractivity contribution in [1.82, 2.24) is 0 Å². The number of nitrogens with one attached hydrogen (secondary N) is 1. The van der Waals surface area contributed by atoms with Gasteiger partial charge in [-0.1, -0.05) is 45.4 Å². The summed E-state index contributed by atoms with van der Waals surface area (Å²) < 4.78 is 0. The third-order valence-corrected chi connectivity index (χ3v) is 2.35. The molecular weight excluding hydrogens is 174 g/mol. The van der Waals surface area contributed by atoms with Crippen LogP contribution in [0.25, 0.3) is 0 Å². The Morgan fingerprint density at radius 1 is 1.14 bits per heavy atom. The zero-order valence-electron chi connectivity index (χ0n) is 9.14. The van der Waals surface area contributed by atoms with Gasteiger partial charge >= 0.3 is 0 Å². The Balaban J connectivity index is 3.21. The van der Waals surface area contributed by atoms with E-state index < -0.39 is 0 Å². The van der Waals surface area contributed by atoms with Crippen LogP contribution < -0.4 is 0 Å². The smallest absolute Gasteiger partial charge is 0.129 e. The van der Waals surface area contributed by atoms with Crippen molar-refractivity contribution in [2.75, 3.05) is 0 Å². The normalized spacial score (nSPS) is 9.50. The van der Waals surface area contributed by atoms with Crippen LogP contribution in [0.2, 0.25) is 0 Å². The monoisotopic (exact) mass is 195 g/mol. The van der Waals surface area contributed by atoms with Gasteiger partial charge in [0, 0.05) is 6.21 Å². The molecule has 0 spiro atoms. The maximum atomic E-state index is 10.2. The molecule has 2 nitrogen and oxygen atoms in total. The van der Waals surface area contributed by atoms with E-state index >= 15 is 0 Å². The van der Waals surface area contributed by atoms with Crippen molar-refractivity contribution in [3.63, 3.8) is 0 Å². The summed E-state index contributed by atoms with van der Waals surface area (Å²) in [6, 6.07) is 0. The molecule has 0 atom stereocenters. The lowest BCUT2D eigenvalue weighted by molar-refractivity contribution is 0.564. The van der Waals surface area contributed by atoms with Crippen LogP contribution in [0.4, 0.5) is 0 Å². The highest BCUT2D eigenvalue weighted by Crippen LogP contribution is 2.09. The predicted molar refractivity (Wildman–Crippen MR) is 60.6 cm³/mol. The highest BCUT2D eigenvalue weighted by Gasteiger charge is 1.94. The van der Waals surface area contributed by atoms with Crippen molar-refractivity contribution in [2.24, 2.45) is 0 Å². The van der Waals surface area contributed by atoms with Gasteiger partial charge in [0.15, 0.2) is 0 Å². The number of allylic oxidation sites excluding steroid dienone is 1. The summed E-state index contributed by atoms with van der Waals surface area (Å²) in [7, 11) is 0. The summed E-state index contributed by atoms with van der Waals surface area (Å²) in [6.07, 6.45) is 10.5. The lowest BCUT2D eigenvalue weighted by atomic mass is 10.1. The fourth-order valence-electron chi connectivity index (χ4n) is 1.43. The van der Waals surface area contributed by atoms with E-state index in [1.165, 1.54) is 38.5 Å². The third-order valence-electron chi connectivity index (χ3n) is 2.35. The minimum atomic E-state index is 0.499. The number of unbranched alkanes of at least 4 members (excludes halogenated alkanes) is 6. The minimum Gasteiger partial charge on any atom is -0.308 e. The van der Waals surface area contributed by atoms with E-state index in [2.05, 4.69) is 6.92 Å². The Hall–Kier alpha value is -0.880. The first-order chi connectivity index (χ1) is 6.85. The maximum Gasteiger partial charge on any atom is 0.129 e. The molecule has 0 heterocycles. The molecular formula is C12H21NO. The van der Waals surface area contributed by atoms with Crippen LogP contribution in [-0.4, -0.2) is 12.2 Å². The summed E-state index contributed by atoms with van der Waals surface area (Å²) in [6.45, 7) is 2.21. The summed E-state index contributed by atoms with van der Waals surface area (Å²) in [5.74, 6) is 1.79. The summed E-state index contributed by atoms with van der Waals surface area (Å²) in [5.41, 5.74) is 0.499. The van der Waals surface area contributed by atoms with Crippen molar-refractivity contribution in [2.45, 2.75) is 58.3 Å². The number of hydrogen-bond acceptors (Lipinski definition) is 2. The van der Waals surface area contributed by atoms with Gasteiger partial charge in [-0.05, 0) is 12.8 Å². The molecule has 0 radical (unpaired) electrons. The van der Waals surface area contributed by atoms with Gasteiger partial charge in [-0.3, -0.25) is 0 Å². The Bertz CT molecular complexity index is 192. The van der Waals surface area contributed by atoms with Crippen LogP contribution in [0.5, 0.6) is 0 Å². The molecule has 0 aromatic carbocycles. The van der Waals surface area contributed by atoms with Crippen LogP contribution in [0, 0.1) is 5.41 Å². The predicted octanol–water partition coefficient (Wildman–Crippen LogP) is 3.53. The molecule has 14 heavy (non-hydrogen) atoms. The lowest BCUT2D eigenvalue weighted by Crippen LogP contribution is -1.86. The van der Waals surface area contributed by atoms with Gasteiger partial charge in [-0.2, -0.15) is 0 Å². The number of rotatable bonds is 9. The van der Waals surface area contributed by atoms with Crippen LogP contribution in [0.1, 0.15) is 58.3 Å². The molecule has 0 fully saturated rings. The van der Waals surface area contributed by atoms with Crippen molar-refractivity contribution < 1.29 is 4.79 Å². The van der Waals surface area contributed by atoms with E-state index in [9.17, 15) is 4.79 Å². The van der Waals surface area contributed by atoms with E-state index in [1.54, 1.807) is 5.94 Å². The van der Waals surface area contributed by atoms with Gasteiger partial charge in [0.05, 0.1) is 5.57 Å². The van der Waals surface area contributed by atoms with Gasteiger partial charge in [0.2, 0.25) is 0 Å². The molecule has 0 aliphatic rings. The number of hydrogen-bond donors (Lipinski definition) is 1. The lowest BCUT2D eigenvalue weighted by Gasteiger charge is -1.99. The molecule has 0 aliphatic heterocycles. The Labute approximate surface area is 86.9 Å². The summed E-state index contributed by atoms with van der Waals surface area (Å²) in [5, 5.41) is 6.91. The Morgan fingerprint density at radius 3 is 2.21 bits per heavy atom. The van der Waals surface area contributed by atoms with Crippen LogP contribution in [0.3, 0.4) is 0 Å². The second-order valence-electron chi connectivity index (χ2n) is 3.64. The Morgan fingerprint density at radius 2 is 1.71 bits per heavy atom. The molecule has 0 aromatic heterocycles. The molecule has 1 N–H and O–H groups in total. The Kier molecular flexibility index (Phi) is 9.56. The fraction of sp³-hybridized carbons (Fsp3) is 0.750. The first-order valence-electron chi connectivity index (χ1n) is 5.59. The third kappa shape index (κ3) is 7.75. The quantitative estimate of drug-likeness (QED) is 0.341. The molecule has 0 rings (SSSR count). The van der Waals surface area contributed by atoms with Gasteiger partial charge in [-0.25, -0.2) is 4.79 Å². The highest BCUT2D eigenvalue weighted by molar-refractivity contribution is 5.86. The minimum absolute atomic E-state index is 0.499. The van der Waals surface area contributed by atoms with Crippen molar-refractivity contribution in [1.29, 1.82) is 5.41 Å². The van der Waals surface area contributed by atoms with Gasteiger partial charge in [-0.15, -0.1) is 0 Å². The van der Waals surface area contributed by atoms with Crippen LogP contribution in [-0.2, 0) is 4.79 Å². The SMILES string of the molecule is CCCCCCCCCC(=C=O)C=N. The zero-order valence-corrected chi connectivity index (χ0v) is 9.14. The van der Waals surface area contributed by atoms with Crippen molar-refractivity contribution >= 4 is 12.2 Å². The molecule has 80 valence electrons. The summed E-state index contributed by atoms with van der Waals surface area (Å²) >= 11 is 0. The van der Waals surface area contributed by atoms with E-state index in [-0.39, 0.29) is 0 Å². The first-order valence-corrected chi connectivity index (χ1v) is 5.59. The molecule has 0 bridgehead atoms. The molecule has 0 saturated heterocycles. The van der Waals surface area contributed by atoms with E-state index in [0.29, 0.717) is 5.57 Å². The molecule has 2 heteroatoms. The van der Waals surface area contributed by atoms with E-state index in [0.717, 1.165) is 19.1 Å². The average molecular weight is 195 g/mol. The van der Waals surface area contributed by atoms with E-state index in [1.807, 2.05) is 0 Å². The highest BCUT2D eigenvalue weighted by atomic mass is 16.1. The van der Waals surface area contributed by atoms with Gasteiger partial charge in [0.25, 0.3) is 0 Å². The topological polar surface area (TPSA) is 40.9 Å². The number of carbonyl (C=O) groups excluding carboxylic acids is 1. The molecule has 0 amide bonds. The van der Waals surface area contributed by atoms with Crippen LogP contribution in [0.15, 0.2) is 5.57 Å². The summed E-state index contributed by atoms with van der Waals surface area (Å²) in [4.78, 5) is 10.2. The van der Waals surface area contributed by atoms with Gasteiger partial charge < -0.3 is 5.41 Å². The van der Waals surface area contributed by atoms with Crippen molar-refractivity contribution in [3.05, 3.63) is 5.57 Å². The first kappa shape index (κ1) is 13.1. The van der Waals surface area contributed by atoms with Crippen molar-refractivity contribution in [3.8, 4) is 0 Å². The van der Waals surface area contributed by atoms with E-state index in [4.69, 9.17) is 5.41 Å².